The summed E-state index contributed by atoms with van der Waals surface area (Å²) in [6.45, 7) is 3.87. The Balaban J connectivity index is 2.17. The molecule has 3 rings (SSSR count). The third-order valence-corrected chi connectivity index (χ3v) is 3.35. The van der Waals surface area contributed by atoms with E-state index in [0.717, 1.165) is 5.56 Å². The van der Waals surface area contributed by atoms with Crippen molar-refractivity contribution < 1.29 is 13.9 Å². The van der Waals surface area contributed by atoms with Gasteiger partial charge in [-0.25, -0.2) is 4.79 Å². The third-order valence-electron chi connectivity index (χ3n) is 3.35. The average molecular weight is 284 g/mol. The van der Waals surface area contributed by atoms with Crippen LogP contribution in [0.3, 0.4) is 0 Å². The summed E-state index contributed by atoms with van der Waals surface area (Å²) >= 11 is 0. The van der Waals surface area contributed by atoms with Crippen LogP contribution < -0.4 is 15.1 Å². The van der Waals surface area contributed by atoms with E-state index in [1.54, 1.807) is 19.3 Å². The largest absolute Gasteiger partial charge is 0.496 e. The lowest BCUT2D eigenvalue weighted by Crippen LogP contribution is -2.29. The lowest BCUT2D eigenvalue weighted by molar-refractivity contribution is 0.157. The topological polar surface area (TPSA) is 48.7 Å². The number of rotatable bonds is 2. The van der Waals surface area contributed by atoms with Gasteiger partial charge in [0.2, 0.25) is 0 Å². The molecule has 0 unspecified atom stereocenters. The predicted octanol–water partition coefficient (Wildman–Crippen LogP) is 3.50. The molecule has 0 radical (unpaired) electrons. The molecule has 0 saturated heterocycles. The average Bonchev–Trinajstić information content (AvgIpc) is 2.45. The Hall–Kier alpha value is -2.49. The highest BCUT2D eigenvalue weighted by Crippen LogP contribution is 2.35. The number of fused-ring (bicyclic) bond motifs is 1. The van der Waals surface area contributed by atoms with Crippen LogP contribution in [0.15, 0.2) is 45.6 Å². The van der Waals surface area contributed by atoms with Crippen LogP contribution in [0.25, 0.3) is 17.4 Å². The summed E-state index contributed by atoms with van der Waals surface area (Å²) in [5.74, 6) is 1.60. The van der Waals surface area contributed by atoms with Crippen LogP contribution in [0.1, 0.15) is 19.4 Å². The van der Waals surface area contributed by atoms with Crippen LogP contribution in [0.5, 0.6) is 11.5 Å². The minimum absolute atomic E-state index is 0.417. The first-order valence-corrected chi connectivity index (χ1v) is 6.70. The Labute approximate surface area is 122 Å². The molecule has 1 aliphatic heterocycles. The smallest absolute Gasteiger partial charge is 0.347 e. The van der Waals surface area contributed by atoms with Crippen molar-refractivity contribution in [2.24, 2.45) is 0 Å². The monoisotopic (exact) mass is 284 g/mol. The normalized spacial score (nSPS) is 15.2. The van der Waals surface area contributed by atoms with Gasteiger partial charge < -0.3 is 13.9 Å². The van der Waals surface area contributed by atoms with E-state index in [9.17, 15) is 4.79 Å². The summed E-state index contributed by atoms with van der Waals surface area (Å²) < 4.78 is 16.6. The molecule has 108 valence electrons. The van der Waals surface area contributed by atoms with E-state index in [1.165, 1.54) is 0 Å². The molecule has 0 N–H and O–H groups in total. The zero-order chi connectivity index (χ0) is 15.0. The van der Waals surface area contributed by atoms with E-state index < -0.39 is 11.2 Å². The molecule has 4 heteroatoms. The highest BCUT2D eigenvalue weighted by Gasteiger charge is 2.25. The van der Waals surface area contributed by atoms with Crippen molar-refractivity contribution in [2.75, 3.05) is 7.11 Å². The van der Waals surface area contributed by atoms with Crippen LogP contribution >= 0.6 is 0 Å². The molecule has 1 aromatic carbocycles. The van der Waals surface area contributed by atoms with E-state index in [2.05, 4.69) is 0 Å². The fraction of sp³-hybridized carbons (Fsp3) is 0.235. The van der Waals surface area contributed by atoms with Gasteiger partial charge in [0.05, 0.1) is 12.7 Å². The van der Waals surface area contributed by atoms with Gasteiger partial charge in [-0.15, -0.1) is 0 Å². The van der Waals surface area contributed by atoms with Gasteiger partial charge in [-0.3, -0.25) is 0 Å². The summed E-state index contributed by atoms with van der Waals surface area (Å²) in [6.07, 6.45) is 3.59. The van der Waals surface area contributed by atoms with Gasteiger partial charge in [-0.1, -0.05) is 12.1 Å². The van der Waals surface area contributed by atoms with Crippen LogP contribution in [-0.2, 0) is 0 Å². The first-order valence-electron chi connectivity index (χ1n) is 6.70. The molecule has 0 saturated carbocycles. The number of hydrogen-bond donors (Lipinski definition) is 0. The molecular formula is C17H16O4. The first kappa shape index (κ1) is 13.5. The SMILES string of the molecule is COc1ccccc1-c1cc2c(c(=O)o1)C=CC(C)(C)O2. The van der Waals surface area contributed by atoms with E-state index in [4.69, 9.17) is 13.9 Å². The van der Waals surface area contributed by atoms with Gasteiger partial charge in [0.25, 0.3) is 0 Å². The maximum Gasteiger partial charge on any atom is 0.347 e. The quantitative estimate of drug-likeness (QED) is 0.847. The van der Waals surface area contributed by atoms with Crippen LogP contribution in [-0.4, -0.2) is 12.7 Å². The Morgan fingerprint density at radius 2 is 1.95 bits per heavy atom. The van der Waals surface area contributed by atoms with Crippen LogP contribution in [0.4, 0.5) is 0 Å². The molecule has 21 heavy (non-hydrogen) atoms. The minimum Gasteiger partial charge on any atom is -0.496 e. The van der Waals surface area contributed by atoms with Gasteiger partial charge in [-0.2, -0.15) is 0 Å². The van der Waals surface area contributed by atoms with Crippen molar-refractivity contribution in [2.45, 2.75) is 19.4 Å². The molecule has 1 aromatic heterocycles. The maximum absolute atomic E-state index is 12.1. The zero-order valence-electron chi connectivity index (χ0n) is 12.2. The number of para-hydroxylation sites is 1. The number of ether oxygens (including phenoxy) is 2. The van der Waals surface area contributed by atoms with Gasteiger partial charge in [0, 0.05) is 6.07 Å². The molecular weight excluding hydrogens is 268 g/mol. The van der Waals surface area contributed by atoms with Gasteiger partial charge in [0.15, 0.2) is 0 Å². The third kappa shape index (κ3) is 2.44. The van der Waals surface area contributed by atoms with Crippen molar-refractivity contribution in [1.29, 1.82) is 0 Å². The van der Waals surface area contributed by atoms with Crippen molar-refractivity contribution in [3.05, 3.63) is 52.4 Å². The van der Waals surface area contributed by atoms with E-state index in [-0.39, 0.29) is 0 Å². The first-order chi connectivity index (χ1) is 10.00. The molecule has 0 bridgehead atoms. The second-order valence-electron chi connectivity index (χ2n) is 5.42. The van der Waals surface area contributed by atoms with Crippen molar-refractivity contribution in [1.82, 2.24) is 0 Å². The highest BCUT2D eigenvalue weighted by molar-refractivity contribution is 5.69. The van der Waals surface area contributed by atoms with Gasteiger partial charge >= 0.3 is 5.63 Å². The molecule has 2 aromatic rings. The van der Waals surface area contributed by atoms with E-state index in [1.807, 2.05) is 44.2 Å². The maximum atomic E-state index is 12.1. The lowest BCUT2D eigenvalue weighted by Gasteiger charge is -2.27. The lowest BCUT2D eigenvalue weighted by atomic mass is 10.0. The zero-order valence-corrected chi connectivity index (χ0v) is 12.2. The second-order valence-corrected chi connectivity index (χ2v) is 5.42. The number of hydrogen-bond acceptors (Lipinski definition) is 4. The molecule has 2 heterocycles. The van der Waals surface area contributed by atoms with Crippen molar-refractivity contribution in [3.8, 4) is 22.8 Å². The Morgan fingerprint density at radius 3 is 2.71 bits per heavy atom. The summed E-state index contributed by atoms with van der Waals surface area (Å²) in [4.78, 5) is 12.1. The summed E-state index contributed by atoms with van der Waals surface area (Å²) in [5, 5.41) is 0. The molecule has 0 spiro atoms. The molecule has 0 amide bonds. The van der Waals surface area contributed by atoms with Crippen LogP contribution in [0, 0.1) is 0 Å². The number of methoxy groups -OCH3 is 1. The second kappa shape index (κ2) is 4.81. The molecule has 0 atom stereocenters. The van der Waals surface area contributed by atoms with Crippen LogP contribution in [0.2, 0.25) is 0 Å². The standard InChI is InChI=1S/C17H16O4/c1-17(2)9-8-12-15(21-17)10-14(20-16(12)18)11-6-4-5-7-13(11)19-3/h4-10H,1-3H3. The molecule has 4 nitrogen and oxygen atoms in total. The summed E-state index contributed by atoms with van der Waals surface area (Å²) in [5.41, 5.74) is 0.294. The minimum atomic E-state index is -0.446. The summed E-state index contributed by atoms with van der Waals surface area (Å²) in [7, 11) is 1.58. The van der Waals surface area contributed by atoms with Crippen molar-refractivity contribution in [3.63, 3.8) is 0 Å². The molecule has 0 aliphatic carbocycles. The Bertz CT molecular complexity index is 769. The van der Waals surface area contributed by atoms with Gasteiger partial charge in [-0.05, 0) is 38.1 Å². The Morgan fingerprint density at radius 1 is 1.19 bits per heavy atom. The molecule has 1 aliphatic rings. The van der Waals surface area contributed by atoms with E-state index >= 15 is 0 Å². The Kier molecular flexibility index (Phi) is 3.09. The molecule has 0 fully saturated rings. The number of benzene rings is 1. The summed E-state index contributed by atoms with van der Waals surface area (Å²) in [6, 6.07) is 9.12. The fourth-order valence-corrected chi connectivity index (χ4v) is 2.30. The predicted molar refractivity (Wildman–Crippen MR) is 80.7 cm³/mol. The van der Waals surface area contributed by atoms with E-state index in [0.29, 0.717) is 22.8 Å². The fourth-order valence-electron chi connectivity index (χ4n) is 2.30. The van der Waals surface area contributed by atoms with Gasteiger partial charge in [0.1, 0.15) is 28.4 Å². The van der Waals surface area contributed by atoms with Crippen molar-refractivity contribution >= 4 is 6.08 Å². The highest BCUT2D eigenvalue weighted by atomic mass is 16.5.